The van der Waals surface area contributed by atoms with Crippen LogP contribution in [0, 0.1) is 0 Å². The molecule has 1 aromatic heterocycles. The molecule has 1 aliphatic rings. The molecule has 2 heterocycles. The minimum atomic E-state index is 0.240. The fraction of sp³-hybridized carbons (Fsp3) is 0.476. The number of aliphatic imine (C=N–C) groups is 1. The molecule has 156 valence electrons. The number of methoxy groups -OCH3 is 1. The maximum atomic E-state index is 5.73. The molecule has 1 unspecified atom stereocenters. The molecule has 0 saturated heterocycles. The van der Waals surface area contributed by atoms with Gasteiger partial charge in [-0.3, -0.25) is 0 Å². The van der Waals surface area contributed by atoms with Crippen LogP contribution in [0.5, 0.6) is 5.75 Å². The molecule has 0 radical (unpaired) electrons. The van der Waals surface area contributed by atoms with E-state index in [4.69, 9.17) is 14.5 Å². The largest absolute Gasteiger partial charge is 0.489 e. The van der Waals surface area contributed by atoms with Crippen LogP contribution in [0.2, 0.25) is 0 Å². The summed E-state index contributed by atoms with van der Waals surface area (Å²) in [6.45, 7) is 8.77. The molecular weight excluding hydrogens is 368 g/mol. The molecular formula is C21H30N6O2. The van der Waals surface area contributed by atoms with Crippen LogP contribution < -0.4 is 15.4 Å². The van der Waals surface area contributed by atoms with Gasteiger partial charge in [-0.05, 0) is 19.4 Å². The minimum absolute atomic E-state index is 0.240. The first-order chi connectivity index (χ1) is 14.2. The lowest BCUT2D eigenvalue weighted by molar-refractivity contribution is 0.177. The van der Waals surface area contributed by atoms with Crippen LogP contribution in [0.4, 0.5) is 0 Å². The molecule has 0 aliphatic carbocycles. The Morgan fingerprint density at radius 3 is 3.07 bits per heavy atom. The molecule has 3 rings (SSSR count). The zero-order valence-corrected chi connectivity index (χ0v) is 17.2. The van der Waals surface area contributed by atoms with Crippen molar-refractivity contribution in [2.75, 3.05) is 20.3 Å². The third-order valence-electron chi connectivity index (χ3n) is 4.60. The summed E-state index contributed by atoms with van der Waals surface area (Å²) in [5.41, 5.74) is 1.04. The van der Waals surface area contributed by atoms with Crippen molar-refractivity contribution in [1.82, 2.24) is 25.4 Å². The number of nitrogens with zero attached hydrogens (tertiary/aromatic N) is 4. The van der Waals surface area contributed by atoms with E-state index in [0.717, 1.165) is 54.9 Å². The van der Waals surface area contributed by atoms with Crippen molar-refractivity contribution in [2.24, 2.45) is 4.99 Å². The number of para-hydroxylation sites is 1. The first kappa shape index (κ1) is 20.9. The summed E-state index contributed by atoms with van der Waals surface area (Å²) in [5, 5.41) is 11.4. The van der Waals surface area contributed by atoms with Crippen molar-refractivity contribution in [1.29, 1.82) is 0 Å². The van der Waals surface area contributed by atoms with Crippen LogP contribution in [-0.4, -0.2) is 47.0 Å². The molecule has 1 aromatic carbocycles. The number of fused-ring (bicyclic) bond motifs is 1. The van der Waals surface area contributed by atoms with Gasteiger partial charge in [0.15, 0.2) is 11.8 Å². The smallest absolute Gasteiger partial charge is 0.191 e. The molecule has 2 aromatic rings. The Morgan fingerprint density at radius 2 is 2.28 bits per heavy atom. The van der Waals surface area contributed by atoms with Gasteiger partial charge in [-0.1, -0.05) is 30.9 Å². The maximum Gasteiger partial charge on any atom is 0.191 e. The van der Waals surface area contributed by atoms with Crippen LogP contribution in [0.25, 0.3) is 0 Å². The summed E-state index contributed by atoms with van der Waals surface area (Å²) >= 11 is 0. The lowest BCUT2D eigenvalue weighted by Gasteiger charge is -2.25. The second kappa shape index (κ2) is 10.6. The summed E-state index contributed by atoms with van der Waals surface area (Å²) in [6, 6.07) is 8.19. The van der Waals surface area contributed by atoms with Crippen LogP contribution >= 0.6 is 0 Å². The van der Waals surface area contributed by atoms with E-state index in [-0.39, 0.29) is 6.04 Å². The van der Waals surface area contributed by atoms with E-state index in [1.807, 2.05) is 28.9 Å². The Labute approximate surface area is 172 Å². The van der Waals surface area contributed by atoms with Gasteiger partial charge in [0.1, 0.15) is 24.8 Å². The molecule has 8 heteroatoms. The third-order valence-corrected chi connectivity index (χ3v) is 4.60. The molecule has 29 heavy (non-hydrogen) atoms. The van der Waals surface area contributed by atoms with Crippen molar-refractivity contribution in [2.45, 2.75) is 45.5 Å². The second-order valence-electron chi connectivity index (χ2n) is 6.84. The van der Waals surface area contributed by atoms with Crippen molar-refractivity contribution >= 4 is 5.96 Å². The predicted octanol–water partition coefficient (Wildman–Crippen LogP) is 2.06. The highest BCUT2D eigenvalue weighted by Crippen LogP contribution is 2.19. The molecule has 0 saturated carbocycles. The Morgan fingerprint density at radius 1 is 1.41 bits per heavy atom. The van der Waals surface area contributed by atoms with Crippen LogP contribution in [0.15, 0.2) is 41.9 Å². The molecule has 1 aliphatic heterocycles. The first-order valence-corrected chi connectivity index (χ1v) is 10.0. The minimum Gasteiger partial charge on any atom is -0.489 e. The van der Waals surface area contributed by atoms with Crippen molar-refractivity contribution < 1.29 is 9.47 Å². The number of guanidine groups is 1. The Kier molecular flexibility index (Phi) is 7.63. The van der Waals surface area contributed by atoms with E-state index in [1.165, 1.54) is 0 Å². The van der Waals surface area contributed by atoms with Crippen LogP contribution in [0.1, 0.15) is 30.6 Å². The Bertz CT molecular complexity index is 832. The normalized spacial score (nSPS) is 16.2. The highest BCUT2D eigenvalue weighted by atomic mass is 16.5. The number of hydrogen-bond acceptors (Lipinski definition) is 5. The van der Waals surface area contributed by atoms with Gasteiger partial charge in [-0.2, -0.15) is 5.10 Å². The van der Waals surface area contributed by atoms with Gasteiger partial charge in [0.2, 0.25) is 0 Å². The van der Waals surface area contributed by atoms with Gasteiger partial charge < -0.3 is 20.1 Å². The second-order valence-corrected chi connectivity index (χ2v) is 6.84. The third kappa shape index (κ3) is 5.80. The standard InChI is InChI=1S/C21H30N6O2/c1-4-12-29-18-9-7-6-8-16(18)13-23-21(22-5-2)24-17-10-11-20-25-19(15-28-3)26-27(20)14-17/h4,6-9,17H,1,5,10-15H2,2-3H3,(H2,22,23,24). The molecule has 0 fully saturated rings. The monoisotopic (exact) mass is 398 g/mol. The molecule has 0 spiro atoms. The zero-order valence-electron chi connectivity index (χ0n) is 17.2. The van der Waals surface area contributed by atoms with Crippen molar-refractivity contribution in [3.05, 3.63) is 54.1 Å². The van der Waals surface area contributed by atoms with E-state index in [1.54, 1.807) is 13.2 Å². The number of aromatic nitrogens is 3. The van der Waals surface area contributed by atoms with E-state index in [0.29, 0.717) is 19.8 Å². The molecule has 1 atom stereocenters. The van der Waals surface area contributed by atoms with E-state index in [2.05, 4.69) is 34.2 Å². The molecule has 0 amide bonds. The predicted molar refractivity (Wildman–Crippen MR) is 113 cm³/mol. The van der Waals surface area contributed by atoms with E-state index < -0.39 is 0 Å². The van der Waals surface area contributed by atoms with Gasteiger partial charge in [-0.25, -0.2) is 14.7 Å². The quantitative estimate of drug-likeness (QED) is 0.382. The molecule has 0 bridgehead atoms. The highest BCUT2D eigenvalue weighted by molar-refractivity contribution is 5.80. The van der Waals surface area contributed by atoms with Crippen molar-refractivity contribution in [3.8, 4) is 5.75 Å². The SMILES string of the molecule is C=CCOc1ccccc1CN=C(NCC)NC1CCc2nc(COC)nn2C1. The average molecular weight is 399 g/mol. The number of benzene rings is 1. The van der Waals surface area contributed by atoms with E-state index in [9.17, 15) is 0 Å². The summed E-state index contributed by atoms with van der Waals surface area (Å²) in [4.78, 5) is 9.29. The fourth-order valence-corrected chi connectivity index (χ4v) is 3.27. The van der Waals surface area contributed by atoms with Crippen molar-refractivity contribution in [3.63, 3.8) is 0 Å². The molecule has 8 nitrogen and oxygen atoms in total. The summed E-state index contributed by atoms with van der Waals surface area (Å²) in [5.74, 6) is 3.38. The van der Waals surface area contributed by atoms with Gasteiger partial charge >= 0.3 is 0 Å². The number of nitrogens with one attached hydrogen (secondary N) is 2. The topological polar surface area (TPSA) is 85.6 Å². The lowest BCUT2D eigenvalue weighted by Crippen LogP contribution is -2.47. The van der Waals surface area contributed by atoms with Gasteiger partial charge in [-0.15, -0.1) is 0 Å². The van der Waals surface area contributed by atoms with E-state index >= 15 is 0 Å². The first-order valence-electron chi connectivity index (χ1n) is 10.0. The Hall–Kier alpha value is -2.87. The van der Waals surface area contributed by atoms with Crippen LogP contribution in [-0.2, 0) is 30.9 Å². The highest BCUT2D eigenvalue weighted by Gasteiger charge is 2.22. The number of hydrogen-bond donors (Lipinski definition) is 2. The summed E-state index contributed by atoms with van der Waals surface area (Å²) < 4.78 is 12.8. The van der Waals surface area contributed by atoms with Gasteiger partial charge in [0, 0.05) is 31.7 Å². The van der Waals surface area contributed by atoms with Gasteiger partial charge in [0.05, 0.1) is 13.1 Å². The molecule has 2 N–H and O–H groups in total. The maximum absolute atomic E-state index is 5.73. The van der Waals surface area contributed by atoms with Gasteiger partial charge in [0.25, 0.3) is 0 Å². The fourth-order valence-electron chi connectivity index (χ4n) is 3.27. The zero-order chi connectivity index (χ0) is 20.5. The number of aryl methyl sites for hydroxylation is 1. The summed E-state index contributed by atoms with van der Waals surface area (Å²) in [7, 11) is 1.66. The Balaban J connectivity index is 1.65. The average Bonchev–Trinajstić information content (AvgIpc) is 3.13. The summed E-state index contributed by atoms with van der Waals surface area (Å²) in [6.07, 6.45) is 3.60. The number of rotatable bonds is 9. The number of ether oxygens (including phenoxy) is 2. The lowest BCUT2D eigenvalue weighted by atomic mass is 10.1. The van der Waals surface area contributed by atoms with Crippen LogP contribution in [0.3, 0.4) is 0 Å².